The number of hydrogen-bond acceptors (Lipinski definition) is 4. The summed E-state index contributed by atoms with van der Waals surface area (Å²) in [4.78, 5) is 0. The fourth-order valence-electron chi connectivity index (χ4n) is 2.36. The van der Waals surface area contributed by atoms with Crippen LogP contribution in [0.1, 0.15) is 57.6 Å². The minimum Gasteiger partial charge on any atom is -0.387 e. The summed E-state index contributed by atoms with van der Waals surface area (Å²) in [6.45, 7) is 3.94. The average molecular weight is 324 g/mol. The van der Waals surface area contributed by atoms with E-state index >= 15 is 0 Å². The van der Waals surface area contributed by atoms with Crippen molar-refractivity contribution in [1.82, 2.24) is 0 Å². The number of aliphatic hydroxyl groups excluding tert-OH is 1. The first-order chi connectivity index (χ1) is 10.4. The maximum Gasteiger partial charge on any atom is 0.235 e. The number of rotatable bonds is 9. The molecule has 2 N–H and O–H groups in total. The lowest BCUT2D eigenvalue weighted by Crippen LogP contribution is -2.27. The lowest BCUT2D eigenvalue weighted by atomic mass is 10.1. The first-order valence-corrected chi connectivity index (χ1v) is 9.15. The highest BCUT2D eigenvalue weighted by molar-refractivity contribution is 7.93. The van der Waals surface area contributed by atoms with Crippen molar-refractivity contribution in [3.05, 3.63) is 29.8 Å². The maximum absolute atomic E-state index is 12.5. The molecule has 0 aromatic heterocycles. The molecule has 0 aliphatic heterocycles. The van der Waals surface area contributed by atoms with Gasteiger partial charge in [-0.05, 0) is 30.5 Å². The molecule has 0 radical (unpaired) electrons. The first kappa shape index (κ1) is 18.5. The molecule has 1 atom stereocenters. The quantitative estimate of drug-likeness (QED) is 0.729. The van der Waals surface area contributed by atoms with Crippen molar-refractivity contribution >= 4 is 15.7 Å². The van der Waals surface area contributed by atoms with E-state index in [9.17, 15) is 13.5 Å². The second kappa shape index (κ2) is 8.76. The number of benzene rings is 1. The van der Waals surface area contributed by atoms with Crippen LogP contribution in [0.15, 0.2) is 24.3 Å². The molecule has 0 aliphatic rings. The Balaban J connectivity index is 2.93. The van der Waals surface area contributed by atoms with E-state index in [1.807, 2.05) is 19.9 Å². The molecule has 1 aromatic rings. The van der Waals surface area contributed by atoms with Crippen LogP contribution in [0.4, 0.5) is 5.69 Å². The summed E-state index contributed by atoms with van der Waals surface area (Å²) in [7, 11) is -3.45. The predicted octanol–water partition coefficient (Wildman–Crippen LogP) is 3.34. The molecule has 1 unspecified atom stereocenters. The Kier molecular flexibility index (Phi) is 7.36. The minimum atomic E-state index is -3.45. The van der Waals surface area contributed by atoms with Crippen LogP contribution in [-0.4, -0.2) is 18.8 Å². The van der Waals surface area contributed by atoms with Crippen molar-refractivity contribution < 1.29 is 13.5 Å². The van der Waals surface area contributed by atoms with Crippen molar-refractivity contribution in [2.75, 3.05) is 4.72 Å². The monoisotopic (exact) mass is 324 g/mol. The van der Waals surface area contributed by atoms with E-state index in [2.05, 4.69) is 4.72 Å². The van der Waals surface area contributed by atoms with E-state index in [1.54, 1.807) is 24.3 Å². The van der Waals surface area contributed by atoms with Gasteiger partial charge >= 0.3 is 0 Å². The molecular weight excluding hydrogens is 300 g/mol. The molecule has 1 aromatic carbocycles. The van der Waals surface area contributed by atoms with Gasteiger partial charge in [0, 0.05) is 5.69 Å². The van der Waals surface area contributed by atoms with Crippen molar-refractivity contribution in [1.29, 1.82) is 5.26 Å². The van der Waals surface area contributed by atoms with Gasteiger partial charge in [0.1, 0.15) is 0 Å². The van der Waals surface area contributed by atoms with Gasteiger partial charge in [0.05, 0.1) is 23.8 Å². The number of sulfonamides is 1. The van der Waals surface area contributed by atoms with Gasteiger partial charge in [-0.1, -0.05) is 38.8 Å². The van der Waals surface area contributed by atoms with Crippen LogP contribution < -0.4 is 4.72 Å². The van der Waals surface area contributed by atoms with E-state index in [0.717, 1.165) is 12.8 Å². The summed E-state index contributed by atoms with van der Waals surface area (Å²) in [6, 6.07) is 8.47. The summed E-state index contributed by atoms with van der Waals surface area (Å²) >= 11 is 0. The fraction of sp³-hybridized carbons (Fsp3) is 0.562. The Morgan fingerprint density at radius 2 is 1.91 bits per heavy atom. The summed E-state index contributed by atoms with van der Waals surface area (Å²) in [5.41, 5.74) is 0.955. The SMILES string of the molecule is CCCC(CCC)S(=O)(=O)Nc1cccc(C(O)CC#N)c1. The van der Waals surface area contributed by atoms with Crippen LogP contribution in [0.3, 0.4) is 0 Å². The van der Waals surface area contributed by atoms with Crippen LogP contribution in [0.25, 0.3) is 0 Å². The highest BCUT2D eigenvalue weighted by Gasteiger charge is 2.24. The number of aliphatic hydroxyl groups is 1. The third-order valence-electron chi connectivity index (χ3n) is 3.48. The van der Waals surface area contributed by atoms with E-state index in [-0.39, 0.29) is 6.42 Å². The van der Waals surface area contributed by atoms with Gasteiger partial charge in [-0.25, -0.2) is 8.42 Å². The number of nitriles is 1. The molecule has 5 nitrogen and oxygen atoms in total. The number of hydrogen-bond donors (Lipinski definition) is 2. The van der Waals surface area contributed by atoms with Crippen LogP contribution in [0.5, 0.6) is 0 Å². The van der Waals surface area contributed by atoms with Crippen molar-refractivity contribution in [2.45, 2.75) is 57.3 Å². The van der Waals surface area contributed by atoms with E-state index in [4.69, 9.17) is 5.26 Å². The molecule has 0 saturated heterocycles. The van der Waals surface area contributed by atoms with Crippen LogP contribution in [-0.2, 0) is 10.0 Å². The molecule has 22 heavy (non-hydrogen) atoms. The van der Waals surface area contributed by atoms with E-state index in [0.29, 0.717) is 24.1 Å². The largest absolute Gasteiger partial charge is 0.387 e. The van der Waals surface area contributed by atoms with Crippen molar-refractivity contribution in [3.63, 3.8) is 0 Å². The minimum absolute atomic E-state index is 0.0233. The van der Waals surface area contributed by atoms with Crippen LogP contribution in [0.2, 0.25) is 0 Å². The Hall–Kier alpha value is -1.58. The van der Waals surface area contributed by atoms with Gasteiger partial charge in [-0.2, -0.15) is 5.26 Å². The number of anilines is 1. The fourth-order valence-corrected chi connectivity index (χ4v) is 4.07. The van der Waals surface area contributed by atoms with E-state index < -0.39 is 21.4 Å². The third kappa shape index (κ3) is 5.32. The lowest BCUT2D eigenvalue weighted by molar-refractivity contribution is 0.183. The maximum atomic E-state index is 12.5. The smallest absolute Gasteiger partial charge is 0.235 e. The second-order valence-corrected chi connectivity index (χ2v) is 7.31. The van der Waals surface area contributed by atoms with Crippen LogP contribution in [0, 0.1) is 11.3 Å². The summed E-state index contributed by atoms with van der Waals surface area (Å²) in [6.07, 6.45) is 1.94. The van der Waals surface area contributed by atoms with Crippen LogP contribution >= 0.6 is 0 Å². The van der Waals surface area contributed by atoms with Gasteiger partial charge in [0.2, 0.25) is 10.0 Å². The lowest BCUT2D eigenvalue weighted by Gasteiger charge is -2.18. The molecule has 1 rings (SSSR count). The zero-order valence-electron chi connectivity index (χ0n) is 13.1. The van der Waals surface area contributed by atoms with Crippen molar-refractivity contribution in [3.8, 4) is 6.07 Å². The molecule has 122 valence electrons. The third-order valence-corrected chi connectivity index (χ3v) is 5.35. The Morgan fingerprint density at radius 1 is 1.27 bits per heavy atom. The normalized spacial score (nSPS) is 12.9. The number of nitrogens with one attached hydrogen (secondary N) is 1. The van der Waals surface area contributed by atoms with Crippen molar-refractivity contribution in [2.24, 2.45) is 0 Å². The highest BCUT2D eigenvalue weighted by Crippen LogP contribution is 2.23. The first-order valence-electron chi connectivity index (χ1n) is 7.61. The predicted molar refractivity (Wildman–Crippen MR) is 87.8 cm³/mol. The molecule has 0 amide bonds. The Bertz CT molecular complexity index is 602. The van der Waals surface area contributed by atoms with Gasteiger partial charge < -0.3 is 5.11 Å². The van der Waals surface area contributed by atoms with Gasteiger partial charge in [-0.3, -0.25) is 4.72 Å². The topological polar surface area (TPSA) is 90.2 Å². The zero-order chi connectivity index (χ0) is 16.6. The Morgan fingerprint density at radius 3 is 2.45 bits per heavy atom. The van der Waals surface area contributed by atoms with E-state index in [1.165, 1.54) is 0 Å². The molecule has 0 saturated carbocycles. The molecule has 0 heterocycles. The summed E-state index contributed by atoms with van der Waals surface area (Å²) in [5.74, 6) is 0. The van der Waals surface area contributed by atoms with Gasteiger partial charge in [-0.15, -0.1) is 0 Å². The average Bonchev–Trinajstić information content (AvgIpc) is 2.47. The highest BCUT2D eigenvalue weighted by atomic mass is 32.2. The second-order valence-electron chi connectivity index (χ2n) is 5.35. The molecule has 0 bridgehead atoms. The molecule has 0 spiro atoms. The standard InChI is InChI=1S/C16H24N2O3S/c1-3-6-15(7-4-2)22(20,21)18-14-9-5-8-13(12-14)16(19)10-11-17/h5,8-9,12,15-16,18-19H,3-4,6-7,10H2,1-2H3. The molecule has 0 fully saturated rings. The Labute approximate surface area is 133 Å². The summed E-state index contributed by atoms with van der Waals surface area (Å²) in [5, 5.41) is 18.0. The molecule has 6 heteroatoms. The summed E-state index contributed by atoms with van der Waals surface area (Å²) < 4.78 is 27.5. The van der Waals surface area contributed by atoms with Gasteiger partial charge in [0.15, 0.2) is 0 Å². The zero-order valence-corrected chi connectivity index (χ0v) is 13.9. The van der Waals surface area contributed by atoms with Gasteiger partial charge in [0.25, 0.3) is 0 Å². The molecule has 0 aliphatic carbocycles. The number of nitrogens with zero attached hydrogens (tertiary/aromatic N) is 1. The molecular formula is C16H24N2O3S.